The normalized spacial score (nSPS) is 10.4. The molecule has 1 amide bonds. The zero-order valence-electron chi connectivity index (χ0n) is 16.9. The Morgan fingerprint density at radius 1 is 1.03 bits per heavy atom. The van der Waals surface area contributed by atoms with E-state index in [1.54, 1.807) is 49.1 Å². The first-order valence-corrected chi connectivity index (χ1v) is 9.39. The molecule has 4 rings (SSSR count). The molecule has 2 aromatic heterocycles. The SMILES string of the molecule is COc1ccc(NC(=O)c2cc3c(C#Cc4ccc(C)cc4)ncnc3n2C)cc1. The van der Waals surface area contributed by atoms with Crippen LogP contribution in [-0.2, 0) is 7.05 Å². The fraction of sp³-hybridized carbons (Fsp3) is 0.125. The van der Waals surface area contributed by atoms with Crippen molar-refractivity contribution in [3.05, 3.63) is 83.4 Å². The van der Waals surface area contributed by atoms with Gasteiger partial charge < -0.3 is 14.6 Å². The third kappa shape index (κ3) is 3.87. The highest BCUT2D eigenvalue weighted by Gasteiger charge is 2.16. The van der Waals surface area contributed by atoms with E-state index in [-0.39, 0.29) is 5.91 Å². The van der Waals surface area contributed by atoms with Crippen molar-refractivity contribution in [2.24, 2.45) is 7.05 Å². The molecule has 0 saturated carbocycles. The maximum atomic E-state index is 12.8. The Morgan fingerprint density at radius 2 is 1.77 bits per heavy atom. The first-order valence-electron chi connectivity index (χ1n) is 9.39. The van der Waals surface area contributed by atoms with E-state index in [4.69, 9.17) is 4.74 Å². The van der Waals surface area contributed by atoms with Crippen molar-refractivity contribution in [3.8, 4) is 17.6 Å². The van der Waals surface area contributed by atoms with Gasteiger partial charge in [-0.05, 0) is 55.3 Å². The van der Waals surface area contributed by atoms with Crippen molar-refractivity contribution in [1.29, 1.82) is 0 Å². The van der Waals surface area contributed by atoms with Crippen molar-refractivity contribution in [2.45, 2.75) is 6.92 Å². The van der Waals surface area contributed by atoms with Gasteiger partial charge in [-0.15, -0.1) is 0 Å². The number of carbonyl (C=O) groups is 1. The Hall–Kier alpha value is -4.11. The molecule has 0 atom stereocenters. The van der Waals surface area contributed by atoms with Gasteiger partial charge in [-0.1, -0.05) is 23.6 Å². The lowest BCUT2D eigenvalue weighted by atomic mass is 10.1. The van der Waals surface area contributed by atoms with Crippen LogP contribution in [0, 0.1) is 18.8 Å². The molecule has 2 heterocycles. The minimum absolute atomic E-state index is 0.238. The molecule has 0 aliphatic carbocycles. The molecule has 0 saturated heterocycles. The lowest BCUT2D eigenvalue weighted by Gasteiger charge is -2.07. The predicted molar refractivity (Wildman–Crippen MR) is 117 cm³/mol. The molecule has 0 spiro atoms. The van der Waals surface area contributed by atoms with Crippen LogP contribution in [0.5, 0.6) is 5.75 Å². The van der Waals surface area contributed by atoms with Crippen LogP contribution >= 0.6 is 0 Å². The van der Waals surface area contributed by atoms with Crippen molar-refractivity contribution in [1.82, 2.24) is 14.5 Å². The number of nitrogens with zero attached hydrogens (tertiary/aromatic N) is 3. The molecule has 1 N–H and O–H groups in total. The van der Waals surface area contributed by atoms with Gasteiger partial charge in [-0.25, -0.2) is 9.97 Å². The van der Waals surface area contributed by atoms with E-state index in [0.29, 0.717) is 22.7 Å². The summed E-state index contributed by atoms with van der Waals surface area (Å²) < 4.78 is 6.89. The fourth-order valence-electron chi connectivity index (χ4n) is 3.09. The molecule has 0 bridgehead atoms. The number of hydrogen-bond donors (Lipinski definition) is 1. The second-order valence-electron chi connectivity index (χ2n) is 6.85. The summed E-state index contributed by atoms with van der Waals surface area (Å²) in [5.41, 5.74) is 4.47. The number of carbonyl (C=O) groups excluding carboxylic acids is 1. The summed E-state index contributed by atoms with van der Waals surface area (Å²) >= 11 is 0. The van der Waals surface area contributed by atoms with Gasteiger partial charge in [0.15, 0.2) is 0 Å². The van der Waals surface area contributed by atoms with Gasteiger partial charge in [0.1, 0.15) is 29.1 Å². The standard InChI is InChI=1S/C24H20N4O2/c1-16-4-6-17(7-5-16)8-13-21-20-14-22(28(2)23(20)26-15-25-21)24(29)27-18-9-11-19(30-3)12-10-18/h4-7,9-12,14-15H,1-3H3,(H,27,29). The van der Waals surface area contributed by atoms with Crippen molar-refractivity contribution in [3.63, 3.8) is 0 Å². The minimum Gasteiger partial charge on any atom is -0.497 e. The minimum atomic E-state index is -0.238. The summed E-state index contributed by atoms with van der Waals surface area (Å²) in [6, 6.07) is 16.9. The number of amides is 1. The van der Waals surface area contributed by atoms with Crippen LogP contribution in [0.4, 0.5) is 5.69 Å². The quantitative estimate of drug-likeness (QED) is 0.533. The highest BCUT2D eigenvalue weighted by molar-refractivity contribution is 6.06. The molecule has 0 aliphatic rings. The molecule has 0 fully saturated rings. The third-order valence-electron chi connectivity index (χ3n) is 4.78. The Kier molecular flexibility index (Phi) is 5.19. The number of anilines is 1. The van der Waals surface area contributed by atoms with Gasteiger partial charge in [0.25, 0.3) is 5.91 Å². The average molecular weight is 396 g/mol. The number of methoxy groups -OCH3 is 1. The highest BCUT2D eigenvalue weighted by atomic mass is 16.5. The van der Waals surface area contributed by atoms with Crippen LogP contribution in [0.3, 0.4) is 0 Å². The number of aromatic nitrogens is 3. The Bertz CT molecular complexity index is 1280. The monoisotopic (exact) mass is 396 g/mol. The van der Waals surface area contributed by atoms with E-state index in [9.17, 15) is 4.79 Å². The average Bonchev–Trinajstić information content (AvgIpc) is 3.11. The van der Waals surface area contributed by atoms with Crippen LogP contribution in [0.25, 0.3) is 11.0 Å². The largest absolute Gasteiger partial charge is 0.497 e. The predicted octanol–water partition coefficient (Wildman–Crippen LogP) is 3.94. The van der Waals surface area contributed by atoms with Crippen molar-refractivity contribution in [2.75, 3.05) is 12.4 Å². The fourth-order valence-corrected chi connectivity index (χ4v) is 3.09. The van der Waals surface area contributed by atoms with E-state index in [2.05, 4.69) is 27.1 Å². The summed E-state index contributed by atoms with van der Waals surface area (Å²) in [6.45, 7) is 2.04. The first kappa shape index (κ1) is 19.2. The number of hydrogen-bond acceptors (Lipinski definition) is 4. The zero-order valence-corrected chi connectivity index (χ0v) is 16.9. The Morgan fingerprint density at radius 3 is 2.47 bits per heavy atom. The van der Waals surface area contributed by atoms with E-state index in [1.807, 2.05) is 31.2 Å². The van der Waals surface area contributed by atoms with E-state index in [1.165, 1.54) is 11.9 Å². The number of nitrogens with one attached hydrogen (secondary N) is 1. The molecule has 2 aromatic carbocycles. The van der Waals surface area contributed by atoms with Crippen molar-refractivity contribution < 1.29 is 9.53 Å². The number of aryl methyl sites for hydroxylation is 2. The molecule has 0 unspecified atom stereocenters. The van der Waals surface area contributed by atoms with Crippen LogP contribution in [0.1, 0.15) is 27.3 Å². The lowest BCUT2D eigenvalue weighted by molar-refractivity contribution is 0.101. The van der Waals surface area contributed by atoms with Crippen LogP contribution < -0.4 is 10.1 Å². The summed E-state index contributed by atoms with van der Waals surface area (Å²) in [6.07, 6.45) is 1.46. The molecular formula is C24H20N4O2. The van der Waals surface area contributed by atoms with E-state index in [0.717, 1.165) is 16.7 Å². The molecule has 0 aliphatic heterocycles. The number of ether oxygens (including phenoxy) is 1. The smallest absolute Gasteiger partial charge is 0.272 e. The third-order valence-corrected chi connectivity index (χ3v) is 4.78. The van der Waals surface area contributed by atoms with Crippen molar-refractivity contribution >= 4 is 22.6 Å². The summed E-state index contributed by atoms with van der Waals surface area (Å²) in [5, 5.41) is 3.63. The molecule has 30 heavy (non-hydrogen) atoms. The first-order chi connectivity index (χ1) is 14.5. The second kappa shape index (κ2) is 8.10. The maximum Gasteiger partial charge on any atom is 0.272 e. The summed E-state index contributed by atoms with van der Waals surface area (Å²) in [7, 11) is 3.40. The van der Waals surface area contributed by atoms with E-state index < -0.39 is 0 Å². The second-order valence-corrected chi connectivity index (χ2v) is 6.85. The van der Waals surface area contributed by atoms with E-state index >= 15 is 0 Å². The molecular weight excluding hydrogens is 376 g/mol. The number of benzene rings is 2. The number of rotatable bonds is 3. The summed E-state index contributed by atoms with van der Waals surface area (Å²) in [4.78, 5) is 21.5. The van der Waals surface area contributed by atoms with Crippen LogP contribution in [-0.4, -0.2) is 27.6 Å². The Labute approximate surface area is 174 Å². The van der Waals surface area contributed by atoms with Gasteiger partial charge in [-0.2, -0.15) is 0 Å². The molecule has 6 nitrogen and oxygen atoms in total. The van der Waals surface area contributed by atoms with Gasteiger partial charge in [0.05, 0.1) is 12.5 Å². The van der Waals surface area contributed by atoms with Crippen LogP contribution in [0.15, 0.2) is 60.9 Å². The molecule has 4 aromatic rings. The zero-order chi connectivity index (χ0) is 21.1. The maximum absolute atomic E-state index is 12.8. The highest BCUT2D eigenvalue weighted by Crippen LogP contribution is 2.21. The topological polar surface area (TPSA) is 69.0 Å². The number of fused-ring (bicyclic) bond motifs is 1. The van der Waals surface area contributed by atoms with Gasteiger partial charge in [0.2, 0.25) is 0 Å². The molecule has 0 radical (unpaired) electrons. The molecule has 148 valence electrons. The van der Waals surface area contributed by atoms with Gasteiger partial charge in [0, 0.05) is 18.3 Å². The Balaban J connectivity index is 1.65. The van der Waals surface area contributed by atoms with Gasteiger partial charge in [-0.3, -0.25) is 4.79 Å². The lowest BCUT2D eigenvalue weighted by Crippen LogP contribution is -2.15. The van der Waals surface area contributed by atoms with Crippen LogP contribution in [0.2, 0.25) is 0 Å². The summed E-state index contributed by atoms with van der Waals surface area (Å²) in [5.74, 6) is 6.72. The molecule has 6 heteroatoms. The van der Waals surface area contributed by atoms with Gasteiger partial charge >= 0.3 is 0 Å².